The van der Waals surface area contributed by atoms with Crippen LogP contribution in [0.4, 0.5) is 5.69 Å². The predicted octanol–water partition coefficient (Wildman–Crippen LogP) is 5.76. The highest BCUT2D eigenvalue weighted by atomic mass is 35.5. The molecule has 1 N–H and O–H groups in total. The van der Waals surface area contributed by atoms with E-state index >= 15 is 0 Å². The van der Waals surface area contributed by atoms with E-state index in [-0.39, 0.29) is 10.6 Å². The molecule has 0 saturated heterocycles. The number of hydrogen-bond donors (Lipinski definition) is 1. The second-order valence-electron chi connectivity index (χ2n) is 6.43. The summed E-state index contributed by atoms with van der Waals surface area (Å²) in [5.41, 5.74) is 1.58. The number of ether oxygens (including phenoxy) is 2. The lowest BCUT2D eigenvalue weighted by atomic mass is 10.2. The van der Waals surface area contributed by atoms with E-state index in [1.54, 1.807) is 36.4 Å². The number of anilines is 1. The largest absolute Gasteiger partial charge is 0.488 e. The summed E-state index contributed by atoms with van der Waals surface area (Å²) in [4.78, 5) is 25.0. The molecule has 154 valence electrons. The van der Waals surface area contributed by atoms with Crippen molar-refractivity contribution in [1.29, 1.82) is 0 Å². The van der Waals surface area contributed by atoms with E-state index in [9.17, 15) is 9.59 Å². The lowest BCUT2D eigenvalue weighted by Gasteiger charge is -2.16. The number of carbonyl (C=O) groups is 2. The summed E-state index contributed by atoms with van der Waals surface area (Å²) in [5, 5.41) is 3.35. The van der Waals surface area contributed by atoms with E-state index in [1.165, 1.54) is 13.0 Å². The summed E-state index contributed by atoms with van der Waals surface area (Å²) in [7, 11) is 0. The van der Waals surface area contributed by atoms with Crippen LogP contribution in [0.2, 0.25) is 10.0 Å². The number of amides is 1. The van der Waals surface area contributed by atoms with Crippen LogP contribution in [0.1, 0.15) is 22.8 Å². The third-order valence-electron chi connectivity index (χ3n) is 4.19. The van der Waals surface area contributed by atoms with Gasteiger partial charge in [-0.25, -0.2) is 4.79 Å². The molecular weight excluding hydrogens is 425 g/mol. The first-order valence-electron chi connectivity index (χ1n) is 9.16. The number of para-hydroxylation sites is 1. The van der Waals surface area contributed by atoms with Crippen molar-refractivity contribution in [3.05, 3.63) is 94.0 Å². The van der Waals surface area contributed by atoms with Gasteiger partial charge in [0.25, 0.3) is 5.91 Å². The van der Waals surface area contributed by atoms with Gasteiger partial charge in [0.1, 0.15) is 17.9 Å². The fraction of sp³-hybridized carbons (Fsp3) is 0.130. The highest BCUT2D eigenvalue weighted by Gasteiger charge is 2.22. The summed E-state index contributed by atoms with van der Waals surface area (Å²) >= 11 is 11.9. The fourth-order valence-electron chi connectivity index (χ4n) is 2.60. The third-order valence-corrected chi connectivity index (χ3v) is 4.73. The first-order chi connectivity index (χ1) is 14.4. The quantitative estimate of drug-likeness (QED) is 0.471. The van der Waals surface area contributed by atoms with Gasteiger partial charge in [0, 0.05) is 5.02 Å². The van der Waals surface area contributed by atoms with Gasteiger partial charge in [0.05, 0.1) is 10.7 Å². The Morgan fingerprint density at radius 3 is 2.40 bits per heavy atom. The van der Waals surface area contributed by atoms with Crippen LogP contribution in [-0.4, -0.2) is 18.0 Å². The van der Waals surface area contributed by atoms with Crippen LogP contribution in [0.5, 0.6) is 5.75 Å². The summed E-state index contributed by atoms with van der Waals surface area (Å²) in [6, 6.07) is 21.0. The van der Waals surface area contributed by atoms with Gasteiger partial charge in [-0.1, -0.05) is 65.7 Å². The predicted molar refractivity (Wildman–Crippen MR) is 117 cm³/mol. The fourth-order valence-corrected chi connectivity index (χ4v) is 3.05. The highest BCUT2D eigenvalue weighted by Crippen LogP contribution is 2.26. The van der Waals surface area contributed by atoms with E-state index in [1.807, 2.05) is 30.3 Å². The summed E-state index contributed by atoms with van der Waals surface area (Å²) < 4.78 is 11.1. The summed E-state index contributed by atoms with van der Waals surface area (Å²) in [6.45, 7) is 1.78. The van der Waals surface area contributed by atoms with Crippen LogP contribution in [0.25, 0.3) is 0 Å². The molecule has 0 radical (unpaired) electrons. The monoisotopic (exact) mass is 443 g/mol. The second-order valence-corrected chi connectivity index (χ2v) is 7.28. The Morgan fingerprint density at radius 2 is 1.67 bits per heavy atom. The van der Waals surface area contributed by atoms with Gasteiger partial charge in [0.2, 0.25) is 0 Å². The molecule has 0 aliphatic carbocycles. The van der Waals surface area contributed by atoms with Gasteiger partial charge in [0.15, 0.2) is 6.10 Å². The minimum atomic E-state index is -1.05. The Balaban J connectivity index is 1.64. The van der Waals surface area contributed by atoms with E-state index < -0.39 is 18.0 Å². The van der Waals surface area contributed by atoms with Crippen LogP contribution in [0.15, 0.2) is 72.8 Å². The van der Waals surface area contributed by atoms with Crippen LogP contribution < -0.4 is 10.1 Å². The normalized spacial score (nSPS) is 11.4. The van der Waals surface area contributed by atoms with Gasteiger partial charge >= 0.3 is 5.97 Å². The maximum Gasteiger partial charge on any atom is 0.342 e. The van der Waals surface area contributed by atoms with Crippen LogP contribution in [-0.2, 0) is 16.1 Å². The molecule has 3 aromatic rings. The lowest BCUT2D eigenvalue weighted by molar-refractivity contribution is -0.123. The zero-order valence-corrected chi connectivity index (χ0v) is 17.6. The average molecular weight is 444 g/mol. The van der Waals surface area contributed by atoms with Gasteiger partial charge in [-0.3, -0.25) is 4.79 Å². The number of benzene rings is 3. The Kier molecular flexibility index (Phi) is 7.33. The van der Waals surface area contributed by atoms with E-state index in [0.717, 1.165) is 5.56 Å². The highest BCUT2D eigenvalue weighted by molar-refractivity contribution is 6.36. The standard InChI is InChI=1S/C23H19Cl2NO4/c1-15(22(27)26-20-12-11-17(24)13-19(20)25)30-23(28)18-9-5-6-10-21(18)29-14-16-7-3-2-4-8-16/h2-13,15H,14H2,1H3,(H,26,27). The SMILES string of the molecule is CC(OC(=O)c1ccccc1OCc1ccccc1)C(=O)Nc1ccc(Cl)cc1Cl. The third kappa shape index (κ3) is 5.75. The topological polar surface area (TPSA) is 64.6 Å². The molecule has 0 aliphatic rings. The van der Waals surface area contributed by atoms with Crippen molar-refractivity contribution in [2.75, 3.05) is 5.32 Å². The maximum absolute atomic E-state index is 12.6. The molecule has 3 aromatic carbocycles. The average Bonchev–Trinajstić information content (AvgIpc) is 2.75. The molecule has 1 unspecified atom stereocenters. The Morgan fingerprint density at radius 1 is 0.967 bits per heavy atom. The molecule has 1 amide bonds. The number of nitrogens with one attached hydrogen (secondary N) is 1. The van der Waals surface area contributed by atoms with Gasteiger partial charge in [-0.2, -0.15) is 0 Å². The zero-order chi connectivity index (χ0) is 21.5. The van der Waals surface area contributed by atoms with Crippen LogP contribution >= 0.6 is 23.2 Å². The Hall–Kier alpha value is -3.02. The lowest BCUT2D eigenvalue weighted by Crippen LogP contribution is -2.30. The van der Waals surface area contributed by atoms with Crippen molar-refractivity contribution in [1.82, 2.24) is 0 Å². The molecular formula is C23H19Cl2NO4. The first kappa shape index (κ1) is 21.7. The second kappa shape index (κ2) is 10.1. The van der Waals surface area contributed by atoms with Crippen molar-refractivity contribution in [3.8, 4) is 5.75 Å². The number of carbonyl (C=O) groups excluding carboxylic acids is 2. The maximum atomic E-state index is 12.6. The minimum Gasteiger partial charge on any atom is -0.488 e. The Labute approximate surface area is 184 Å². The van der Waals surface area contributed by atoms with Crippen LogP contribution in [0, 0.1) is 0 Å². The van der Waals surface area contributed by atoms with Crippen molar-refractivity contribution in [2.45, 2.75) is 19.6 Å². The molecule has 0 aliphatic heterocycles. The van der Waals surface area contributed by atoms with Crippen molar-refractivity contribution in [3.63, 3.8) is 0 Å². The molecule has 7 heteroatoms. The number of hydrogen-bond acceptors (Lipinski definition) is 4. The number of rotatable bonds is 7. The molecule has 5 nitrogen and oxygen atoms in total. The smallest absolute Gasteiger partial charge is 0.342 e. The summed E-state index contributed by atoms with van der Waals surface area (Å²) in [5.74, 6) is -0.807. The molecule has 0 aromatic heterocycles. The van der Waals surface area contributed by atoms with E-state index in [0.29, 0.717) is 23.1 Å². The van der Waals surface area contributed by atoms with Crippen molar-refractivity contribution < 1.29 is 19.1 Å². The summed E-state index contributed by atoms with van der Waals surface area (Å²) in [6.07, 6.45) is -1.05. The number of esters is 1. The molecule has 3 rings (SSSR count). The van der Waals surface area contributed by atoms with Gasteiger partial charge < -0.3 is 14.8 Å². The molecule has 0 bridgehead atoms. The minimum absolute atomic E-state index is 0.234. The van der Waals surface area contributed by atoms with Gasteiger partial charge in [-0.15, -0.1) is 0 Å². The molecule has 30 heavy (non-hydrogen) atoms. The molecule has 0 heterocycles. The number of halogens is 2. The van der Waals surface area contributed by atoms with E-state index in [2.05, 4.69) is 5.32 Å². The van der Waals surface area contributed by atoms with Crippen molar-refractivity contribution >= 4 is 40.8 Å². The zero-order valence-electron chi connectivity index (χ0n) is 16.1. The Bertz CT molecular complexity index is 1040. The first-order valence-corrected chi connectivity index (χ1v) is 9.92. The molecule has 0 fully saturated rings. The van der Waals surface area contributed by atoms with Crippen molar-refractivity contribution in [2.24, 2.45) is 0 Å². The van der Waals surface area contributed by atoms with Gasteiger partial charge in [-0.05, 0) is 42.8 Å². The molecule has 0 spiro atoms. The molecule has 0 saturated carbocycles. The van der Waals surface area contributed by atoms with Crippen LogP contribution in [0.3, 0.4) is 0 Å². The molecule has 1 atom stereocenters. The van der Waals surface area contributed by atoms with E-state index in [4.69, 9.17) is 32.7 Å².